The molecule has 88 heavy (non-hydrogen) atoms. The minimum atomic E-state index is -4.41. The Kier molecular flexibility index (Phi) is 62.8. The lowest BCUT2D eigenvalue weighted by Gasteiger charge is -2.24. The molecule has 2 atom stereocenters. The van der Waals surface area contributed by atoms with Crippen LogP contribution in [0.5, 0.6) is 0 Å². The van der Waals surface area contributed by atoms with Crippen molar-refractivity contribution in [3.05, 3.63) is 182 Å². The molecule has 0 amide bonds. The highest BCUT2D eigenvalue weighted by Crippen LogP contribution is 2.43. The molecular weight excluding hydrogens is 1110 g/mol. The fraction of sp³-hybridized carbons (Fsp3) is 0.590. The Morgan fingerprint density at radius 3 is 0.966 bits per heavy atom. The predicted molar refractivity (Wildman–Crippen MR) is 380 cm³/mol. The van der Waals surface area contributed by atoms with Crippen molar-refractivity contribution in [3.8, 4) is 0 Å². The number of allylic oxidation sites excluding steroid dienone is 30. The molecule has 0 radical (unpaired) electrons. The third kappa shape index (κ3) is 70.2. The van der Waals surface area contributed by atoms with Gasteiger partial charge in [-0.25, -0.2) is 4.57 Å². The van der Waals surface area contributed by atoms with Crippen LogP contribution in [0.3, 0.4) is 0 Å². The second kappa shape index (κ2) is 66.5. The van der Waals surface area contributed by atoms with Crippen LogP contribution in [0, 0.1) is 0 Å². The topological polar surface area (TPSA) is 108 Å². The molecule has 0 bridgehead atoms. The molecule has 0 heterocycles. The average molecular weight is 1240 g/mol. The van der Waals surface area contributed by atoms with E-state index >= 15 is 0 Å². The number of phosphoric acid groups is 1. The van der Waals surface area contributed by atoms with Crippen molar-refractivity contribution in [1.29, 1.82) is 0 Å². The van der Waals surface area contributed by atoms with Gasteiger partial charge >= 0.3 is 19.8 Å². The lowest BCUT2D eigenvalue weighted by atomic mass is 10.1. The van der Waals surface area contributed by atoms with Gasteiger partial charge in [-0.2, -0.15) is 0 Å². The molecule has 9 nitrogen and oxygen atoms in total. The van der Waals surface area contributed by atoms with Crippen molar-refractivity contribution in [1.82, 2.24) is 0 Å². The molecule has 0 spiro atoms. The summed E-state index contributed by atoms with van der Waals surface area (Å²) in [5.74, 6) is -0.847. The SMILES string of the molecule is CC/C=C\C/C=C\C/C=C\C/C=C\C/C=C\C/C=C\C/C=C\C/C=C\C/C=C\C/C=C\C/C=C\C/C=C\CCCCCCC(=O)OC(COC(=O)CCCCCCCCCC/C=C\C/C=C\C/C=C\CCCCCCC)COP(=O)(O)OCC[N+](C)(C)C. The van der Waals surface area contributed by atoms with Crippen LogP contribution in [0.15, 0.2) is 182 Å². The van der Waals surface area contributed by atoms with Crippen molar-refractivity contribution in [3.63, 3.8) is 0 Å². The maximum atomic E-state index is 12.9. The van der Waals surface area contributed by atoms with Gasteiger partial charge in [0, 0.05) is 12.8 Å². The highest BCUT2D eigenvalue weighted by atomic mass is 31.2. The van der Waals surface area contributed by atoms with E-state index in [9.17, 15) is 19.0 Å². The van der Waals surface area contributed by atoms with Crippen LogP contribution in [0.4, 0.5) is 0 Å². The third-order valence-corrected chi connectivity index (χ3v) is 14.9. The average Bonchev–Trinajstić information content (AvgIpc) is 3.58. The van der Waals surface area contributed by atoms with Crippen LogP contribution in [0.2, 0.25) is 0 Å². The number of phosphoric ester groups is 1. The van der Waals surface area contributed by atoms with Crippen LogP contribution >= 0.6 is 7.82 Å². The van der Waals surface area contributed by atoms with Gasteiger partial charge in [0.05, 0.1) is 27.7 Å². The zero-order chi connectivity index (χ0) is 64.1. The largest absolute Gasteiger partial charge is 0.472 e. The minimum absolute atomic E-state index is 0.0151. The molecule has 0 fully saturated rings. The molecule has 0 aromatic carbocycles. The number of esters is 2. The van der Waals surface area contributed by atoms with Gasteiger partial charge in [0.1, 0.15) is 19.8 Å². The van der Waals surface area contributed by atoms with Crippen LogP contribution in [-0.2, 0) is 32.7 Å². The van der Waals surface area contributed by atoms with Gasteiger partial charge in [0.15, 0.2) is 6.10 Å². The maximum absolute atomic E-state index is 12.9. The first-order valence-corrected chi connectivity index (χ1v) is 36.0. The summed E-state index contributed by atoms with van der Waals surface area (Å²) in [5.41, 5.74) is 0. The number of likely N-dealkylation sites (N-methyl/N-ethyl adjacent to an activating group) is 1. The van der Waals surface area contributed by atoms with E-state index in [0.29, 0.717) is 17.4 Å². The minimum Gasteiger partial charge on any atom is -0.462 e. The first-order chi connectivity index (χ1) is 43.0. The van der Waals surface area contributed by atoms with Gasteiger partial charge in [-0.05, 0) is 141 Å². The zero-order valence-corrected chi connectivity index (χ0v) is 57.3. The van der Waals surface area contributed by atoms with Crippen LogP contribution in [0.25, 0.3) is 0 Å². The number of carbonyl (C=O) groups excluding carboxylic acids is 2. The standard InChI is InChI=1S/C78H126NO8P/c1-6-8-10-12-14-16-18-20-22-24-26-28-30-31-32-33-34-35-36-37-38-39-40-41-42-43-44-45-46-47-49-51-53-55-57-59-61-63-65-67-69-71-78(81)87-76(75-86-88(82,83)85-73-72-79(3,4)5)74-84-77(80)70-68-66-64-62-60-58-56-54-52-50-48-29-27-25-23-21-19-17-15-13-11-9-7-2/h8,10,14,16,19-22,25-28,31-32,34-35,37-38,40-41,43-44,46-48,50-51,53,57,59,76H,6-7,9,11-13,15,17-18,23-24,29-30,33,36,39,42,45,49,52,54-56,58,60-75H2,1-5H3/p+1/b10-8-,16-14-,21-19-,22-20-,27-25-,28-26-,32-31-,35-34-,38-37-,41-40-,44-43-,47-46-,50-48-,53-51-,59-57-. The maximum Gasteiger partial charge on any atom is 0.472 e. The van der Waals surface area contributed by atoms with Crippen molar-refractivity contribution in [2.45, 2.75) is 251 Å². The molecule has 10 heteroatoms. The van der Waals surface area contributed by atoms with E-state index in [2.05, 4.69) is 196 Å². The summed E-state index contributed by atoms with van der Waals surface area (Å²) in [6.07, 6.45) is 103. The summed E-state index contributed by atoms with van der Waals surface area (Å²) in [4.78, 5) is 35.8. The van der Waals surface area contributed by atoms with Crippen molar-refractivity contribution < 1.29 is 42.1 Å². The molecule has 0 aromatic heterocycles. The molecule has 1 N–H and O–H groups in total. The Morgan fingerprint density at radius 1 is 0.364 bits per heavy atom. The van der Waals surface area contributed by atoms with E-state index in [-0.39, 0.29) is 32.0 Å². The van der Waals surface area contributed by atoms with Crippen molar-refractivity contribution >= 4 is 19.8 Å². The quantitative estimate of drug-likeness (QED) is 0.0211. The summed E-state index contributed by atoms with van der Waals surface area (Å²) in [6.45, 7) is 4.25. The molecule has 0 aromatic rings. The normalized spacial score (nSPS) is 14.3. The van der Waals surface area contributed by atoms with Crippen LogP contribution in [0.1, 0.15) is 245 Å². The van der Waals surface area contributed by atoms with E-state index in [4.69, 9.17) is 18.5 Å². The Bertz CT molecular complexity index is 2140. The van der Waals surface area contributed by atoms with Gasteiger partial charge < -0.3 is 18.9 Å². The Hall–Kier alpha value is -4.89. The monoisotopic (exact) mass is 1240 g/mol. The molecule has 0 saturated heterocycles. The van der Waals surface area contributed by atoms with E-state index in [1.165, 1.54) is 64.2 Å². The molecule has 0 saturated carbocycles. The molecular formula is C78H127NO8P+. The fourth-order valence-corrected chi connectivity index (χ4v) is 9.39. The van der Waals surface area contributed by atoms with Crippen LogP contribution < -0.4 is 0 Å². The van der Waals surface area contributed by atoms with Crippen LogP contribution in [-0.4, -0.2) is 74.9 Å². The third-order valence-electron chi connectivity index (χ3n) is 13.9. The van der Waals surface area contributed by atoms with Crippen molar-refractivity contribution in [2.24, 2.45) is 0 Å². The highest BCUT2D eigenvalue weighted by molar-refractivity contribution is 7.47. The second-order valence-corrected chi connectivity index (χ2v) is 24.9. The number of rotatable bonds is 61. The number of carbonyl (C=O) groups is 2. The molecule has 2 unspecified atom stereocenters. The molecule has 0 aliphatic carbocycles. The zero-order valence-electron chi connectivity index (χ0n) is 56.4. The van der Waals surface area contributed by atoms with E-state index in [1.54, 1.807) is 0 Å². The van der Waals surface area contributed by atoms with Gasteiger partial charge in [-0.3, -0.25) is 18.6 Å². The summed E-state index contributed by atoms with van der Waals surface area (Å²) in [5, 5.41) is 0. The molecule has 0 aliphatic rings. The van der Waals surface area contributed by atoms with Crippen molar-refractivity contribution in [2.75, 3.05) is 47.5 Å². The van der Waals surface area contributed by atoms with E-state index < -0.39 is 26.5 Å². The second-order valence-electron chi connectivity index (χ2n) is 23.5. The molecule has 0 aliphatic heterocycles. The number of ether oxygens (including phenoxy) is 2. The molecule has 0 rings (SSSR count). The number of unbranched alkanes of at least 4 members (excludes halogenated alkanes) is 17. The summed E-state index contributed by atoms with van der Waals surface area (Å²) < 4.78 is 34.6. The lowest BCUT2D eigenvalue weighted by molar-refractivity contribution is -0.870. The van der Waals surface area contributed by atoms with Gasteiger partial charge in [0.25, 0.3) is 0 Å². The fourth-order valence-electron chi connectivity index (χ4n) is 8.65. The first kappa shape index (κ1) is 83.1. The lowest BCUT2D eigenvalue weighted by Crippen LogP contribution is -2.37. The number of nitrogens with zero attached hydrogens (tertiary/aromatic N) is 1. The first-order valence-electron chi connectivity index (χ1n) is 34.5. The Balaban J connectivity index is 4.21. The number of quaternary nitrogens is 1. The summed E-state index contributed by atoms with van der Waals surface area (Å²) >= 11 is 0. The highest BCUT2D eigenvalue weighted by Gasteiger charge is 2.27. The smallest absolute Gasteiger partial charge is 0.462 e. The van der Waals surface area contributed by atoms with Gasteiger partial charge in [-0.15, -0.1) is 0 Å². The summed E-state index contributed by atoms with van der Waals surface area (Å²) in [6, 6.07) is 0. The number of hydrogen-bond donors (Lipinski definition) is 1. The molecule has 496 valence electrons. The van der Waals surface area contributed by atoms with E-state index in [1.807, 2.05) is 21.1 Å². The Morgan fingerprint density at radius 2 is 0.648 bits per heavy atom. The number of hydrogen-bond acceptors (Lipinski definition) is 7. The van der Waals surface area contributed by atoms with Gasteiger partial charge in [0.2, 0.25) is 0 Å². The summed E-state index contributed by atoms with van der Waals surface area (Å²) in [7, 11) is 1.43. The van der Waals surface area contributed by atoms with E-state index in [0.717, 1.165) is 148 Å². The predicted octanol–water partition coefficient (Wildman–Crippen LogP) is 22.7. The Labute approximate surface area is 540 Å². The van der Waals surface area contributed by atoms with Gasteiger partial charge in [-0.1, -0.05) is 273 Å².